The number of carbonyl (C=O) groups excluding carboxylic acids is 1. The summed E-state index contributed by atoms with van der Waals surface area (Å²) in [6.45, 7) is 1.44. The second kappa shape index (κ2) is 6.81. The summed E-state index contributed by atoms with van der Waals surface area (Å²) in [4.78, 5) is 14.5. The van der Waals surface area contributed by atoms with Gasteiger partial charge in [-0.2, -0.15) is 0 Å². The first kappa shape index (κ1) is 16.2. The Hall–Kier alpha value is -1.71. The summed E-state index contributed by atoms with van der Waals surface area (Å²) >= 11 is 12.0. The zero-order valence-electron chi connectivity index (χ0n) is 12.8. The molecule has 0 radical (unpaired) electrons. The van der Waals surface area contributed by atoms with Gasteiger partial charge in [-0.05, 0) is 42.3 Å². The third-order valence-electron chi connectivity index (χ3n) is 4.17. The molecule has 0 saturated carbocycles. The third-order valence-corrected chi connectivity index (χ3v) is 4.61. The van der Waals surface area contributed by atoms with Crippen molar-refractivity contribution < 1.29 is 9.53 Å². The summed E-state index contributed by atoms with van der Waals surface area (Å²) in [7, 11) is 1.65. The van der Waals surface area contributed by atoms with Crippen LogP contribution in [0, 0.1) is 0 Å². The molecule has 3 nitrogen and oxygen atoms in total. The van der Waals surface area contributed by atoms with Gasteiger partial charge < -0.3 is 9.64 Å². The number of methoxy groups -OCH3 is 1. The number of amides is 1. The number of benzene rings is 2. The first-order valence-corrected chi connectivity index (χ1v) is 8.22. The molecule has 0 N–H and O–H groups in total. The van der Waals surface area contributed by atoms with E-state index in [1.807, 2.05) is 17.0 Å². The summed E-state index contributed by atoms with van der Waals surface area (Å²) in [5.41, 5.74) is 1.77. The van der Waals surface area contributed by atoms with E-state index in [9.17, 15) is 4.79 Å². The van der Waals surface area contributed by atoms with Crippen molar-refractivity contribution in [1.29, 1.82) is 0 Å². The molecule has 1 amide bonds. The molecule has 2 aromatic rings. The fourth-order valence-electron chi connectivity index (χ4n) is 2.95. The molecule has 1 aliphatic heterocycles. The highest BCUT2D eigenvalue weighted by Crippen LogP contribution is 2.30. The lowest BCUT2D eigenvalue weighted by atomic mass is 9.98. The fraction of sp³-hybridized carbons (Fsp3) is 0.278. The first-order chi connectivity index (χ1) is 11.1. The lowest BCUT2D eigenvalue weighted by Gasteiger charge is -2.17. The Morgan fingerprint density at radius 1 is 1.13 bits per heavy atom. The van der Waals surface area contributed by atoms with Crippen LogP contribution in [0.5, 0.6) is 5.75 Å². The largest absolute Gasteiger partial charge is 0.497 e. The van der Waals surface area contributed by atoms with E-state index in [0.717, 1.165) is 18.7 Å². The van der Waals surface area contributed by atoms with E-state index in [1.165, 1.54) is 5.56 Å². The average Bonchev–Trinajstić information content (AvgIpc) is 3.03. The minimum atomic E-state index is -0.0228. The normalized spacial score (nSPS) is 17.3. The van der Waals surface area contributed by atoms with Crippen molar-refractivity contribution in [3.63, 3.8) is 0 Å². The van der Waals surface area contributed by atoms with Crippen LogP contribution in [0.4, 0.5) is 0 Å². The zero-order valence-corrected chi connectivity index (χ0v) is 14.3. The molecule has 1 saturated heterocycles. The molecular weight excluding hydrogens is 333 g/mol. The summed E-state index contributed by atoms with van der Waals surface area (Å²) in [6.07, 6.45) is 0.951. The number of hydrogen-bond acceptors (Lipinski definition) is 2. The molecule has 2 aromatic carbocycles. The number of likely N-dealkylation sites (tertiary alicyclic amines) is 1. The molecular formula is C18H17Cl2NO2. The van der Waals surface area contributed by atoms with Gasteiger partial charge in [0.15, 0.2) is 0 Å². The molecule has 1 heterocycles. The number of halogens is 2. The molecule has 0 aromatic heterocycles. The van der Waals surface area contributed by atoms with Crippen molar-refractivity contribution in [3.8, 4) is 5.75 Å². The number of hydrogen-bond donors (Lipinski definition) is 0. The second-order valence-electron chi connectivity index (χ2n) is 5.67. The van der Waals surface area contributed by atoms with Crippen LogP contribution in [-0.4, -0.2) is 31.0 Å². The van der Waals surface area contributed by atoms with Gasteiger partial charge in [0.1, 0.15) is 5.75 Å². The van der Waals surface area contributed by atoms with Gasteiger partial charge in [0, 0.05) is 34.6 Å². The van der Waals surface area contributed by atoms with Gasteiger partial charge in [-0.15, -0.1) is 0 Å². The maximum absolute atomic E-state index is 12.6. The third kappa shape index (κ3) is 3.62. The number of ether oxygens (including phenoxy) is 1. The van der Waals surface area contributed by atoms with Gasteiger partial charge in [0.2, 0.25) is 0 Å². The molecule has 1 unspecified atom stereocenters. The average molecular weight is 350 g/mol. The van der Waals surface area contributed by atoms with E-state index in [1.54, 1.807) is 25.3 Å². The van der Waals surface area contributed by atoms with Gasteiger partial charge >= 0.3 is 0 Å². The Balaban J connectivity index is 1.72. The molecule has 120 valence electrons. The summed E-state index contributed by atoms with van der Waals surface area (Å²) in [6, 6.07) is 13.0. The van der Waals surface area contributed by atoms with Crippen LogP contribution in [-0.2, 0) is 0 Å². The Kier molecular flexibility index (Phi) is 4.79. The van der Waals surface area contributed by atoms with Gasteiger partial charge in [0.25, 0.3) is 5.91 Å². The van der Waals surface area contributed by atoms with Crippen molar-refractivity contribution in [2.24, 2.45) is 0 Å². The van der Waals surface area contributed by atoms with Gasteiger partial charge in [0.05, 0.1) is 7.11 Å². The highest BCUT2D eigenvalue weighted by atomic mass is 35.5. The highest BCUT2D eigenvalue weighted by Gasteiger charge is 2.28. The minimum Gasteiger partial charge on any atom is -0.497 e. The maximum atomic E-state index is 12.6. The monoisotopic (exact) mass is 349 g/mol. The second-order valence-corrected chi connectivity index (χ2v) is 6.54. The van der Waals surface area contributed by atoms with Crippen molar-refractivity contribution in [1.82, 2.24) is 4.90 Å². The zero-order chi connectivity index (χ0) is 16.4. The van der Waals surface area contributed by atoms with Crippen molar-refractivity contribution in [2.45, 2.75) is 12.3 Å². The van der Waals surface area contributed by atoms with Crippen molar-refractivity contribution in [3.05, 3.63) is 63.6 Å². The van der Waals surface area contributed by atoms with E-state index >= 15 is 0 Å². The van der Waals surface area contributed by atoms with Crippen LogP contribution in [0.2, 0.25) is 10.0 Å². The van der Waals surface area contributed by atoms with E-state index in [4.69, 9.17) is 27.9 Å². The quantitative estimate of drug-likeness (QED) is 0.808. The van der Waals surface area contributed by atoms with E-state index < -0.39 is 0 Å². The first-order valence-electron chi connectivity index (χ1n) is 7.46. The summed E-state index contributed by atoms with van der Waals surface area (Å²) in [5, 5.41) is 0.957. The number of rotatable bonds is 3. The Morgan fingerprint density at radius 3 is 2.39 bits per heavy atom. The van der Waals surface area contributed by atoms with Crippen LogP contribution in [0.1, 0.15) is 28.3 Å². The molecule has 0 bridgehead atoms. The van der Waals surface area contributed by atoms with Crippen LogP contribution >= 0.6 is 23.2 Å². The van der Waals surface area contributed by atoms with E-state index in [2.05, 4.69) is 12.1 Å². The number of carbonyl (C=O) groups is 1. The van der Waals surface area contributed by atoms with Crippen LogP contribution in [0.3, 0.4) is 0 Å². The maximum Gasteiger partial charge on any atom is 0.253 e. The fourth-order valence-corrected chi connectivity index (χ4v) is 3.48. The number of nitrogens with zero attached hydrogens (tertiary/aromatic N) is 1. The van der Waals surface area contributed by atoms with Crippen LogP contribution in [0.15, 0.2) is 42.5 Å². The summed E-state index contributed by atoms with van der Waals surface area (Å²) in [5.74, 6) is 1.16. The van der Waals surface area contributed by atoms with Crippen LogP contribution < -0.4 is 4.74 Å². The summed E-state index contributed by atoms with van der Waals surface area (Å²) < 4.78 is 5.18. The SMILES string of the molecule is COc1ccc(C2CCN(C(=O)c3cc(Cl)cc(Cl)c3)C2)cc1. The van der Waals surface area contributed by atoms with Crippen molar-refractivity contribution in [2.75, 3.05) is 20.2 Å². The predicted molar refractivity (Wildman–Crippen MR) is 92.7 cm³/mol. The van der Waals surface area contributed by atoms with E-state index in [0.29, 0.717) is 28.1 Å². The lowest BCUT2D eigenvalue weighted by Crippen LogP contribution is -2.28. The highest BCUT2D eigenvalue weighted by molar-refractivity contribution is 6.35. The predicted octanol–water partition coefficient (Wildman–Crippen LogP) is 4.63. The standard InChI is InChI=1S/C18H17Cl2NO2/c1-23-17-4-2-12(3-5-17)13-6-7-21(11-13)18(22)14-8-15(19)10-16(20)9-14/h2-5,8-10,13H,6-7,11H2,1H3. The van der Waals surface area contributed by atoms with Gasteiger partial charge in [-0.3, -0.25) is 4.79 Å². The van der Waals surface area contributed by atoms with Crippen molar-refractivity contribution >= 4 is 29.1 Å². The van der Waals surface area contributed by atoms with Gasteiger partial charge in [-0.25, -0.2) is 0 Å². The molecule has 5 heteroatoms. The Morgan fingerprint density at radius 2 is 1.78 bits per heavy atom. The molecule has 1 atom stereocenters. The minimum absolute atomic E-state index is 0.0228. The van der Waals surface area contributed by atoms with Gasteiger partial charge in [-0.1, -0.05) is 35.3 Å². The smallest absolute Gasteiger partial charge is 0.253 e. The lowest BCUT2D eigenvalue weighted by molar-refractivity contribution is 0.0791. The molecule has 1 fully saturated rings. The molecule has 0 spiro atoms. The molecule has 1 aliphatic rings. The topological polar surface area (TPSA) is 29.5 Å². The van der Waals surface area contributed by atoms with Crippen LogP contribution in [0.25, 0.3) is 0 Å². The van der Waals surface area contributed by atoms with E-state index in [-0.39, 0.29) is 5.91 Å². The Labute approximate surface area is 145 Å². The molecule has 3 rings (SSSR count). The Bertz CT molecular complexity index is 695. The molecule has 0 aliphatic carbocycles. The molecule has 23 heavy (non-hydrogen) atoms.